The van der Waals surface area contributed by atoms with Gasteiger partial charge in [-0.1, -0.05) is 0 Å². The molecule has 0 spiro atoms. The lowest BCUT2D eigenvalue weighted by atomic mass is 10.4. The Hall–Kier alpha value is -1.59. The van der Waals surface area contributed by atoms with E-state index in [1.807, 2.05) is 0 Å². The van der Waals surface area contributed by atoms with Crippen LogP contribution in [0.2, 0.25) is 0 Å². The standard InChI is InChI=1S/C8H10O10S/c9-7-13-1-5(17-7)3-15-19(11,12)16-4-6-2-14-8(10)18-6/h5-6H,1-4H2. The van der Waals surface area contributed by atoms with E-state index in [1.54, 1.807) is 0 Å². The first-order valence-electron chi connectivity index (χ1n) is 5.15. The quantitative estimate of drug-likeness (QED) is 0.583. The van der Waals surface area contributed by atoms with E-state index in [-0.39, 0.29) is 13.2 Å². The molecule has 0 radical (unpaired) electrons. The Balaban J connectivity index is 1.69. The molecule has 2 aliphatic heterocycles. The van der Waals surface area contributed by atoms with Gasteiger partial charge in [0, 0.05) is 0 Å². The van der Waals surface area contributed by atoms with Gasteiger partial charge in [-0.05, 0) is 0 Å². The number of cyclic esters (lactones) is 4. The molecule has 2 fully saturated rings. The highest BCUT2D eigenvalue weighted by Gasteiger charge is 2.30. The van der Waals surface area contributed by atoms with Crippen molar-refractivity contribution in [2.45, 2.75) is 12.2 Å². The summed E-state index contributed by atoms with van der Waals surface area (Å²) in [7, 11) is -4.29. The average molecular weight is 298 g/mol. The number of rotatable bonds is 6. The van der Waals surface area contributed by atoms with Gasteiger partial charge in [-0.3, -0.25) is 0 Å². The van der Waals surface area contributed by atoms with Crippen molar-refractivity contribution in [3.8, 4) is 0 Å². The molecule has 0 aromatic carbocycles. The summed E-state index contributed by atoms with van der Waals surface area (Å²) in [6.45, 7) is -1.03. The van der Waals surface area contributed by atoms with Crippen LogP contribution in [0.4, 0.5) is 9.59 Å². The summed E-state index contributed by atoms with van der Waals surface area (Å²) >= 11 is 0. The third kappa shape index (κ3) is 4.22. The summed E-state index contributed by atoms with van der Waals surface area (Å²) in [6.07, 6.45) is -3.39. The largest absolute Gasteiger partial charge is 0.508 e. The lowest BCUT2D eigenvalue weighted by Gasteiger charge is -2.09. The normalized spacial score (nSPS) is 26.5. The van der Waals surface area contributed by atoms with E-state index >= 15 is 0 Å². The van der Waals surface area contributed by atoms with E-state index in [4.69, 9.17) is 0 Å². The molecule has 0 saturated carbocycles. The van der Waals surface area contributed by atoms with Gasteiger partial charge in [0.15, 0.2) is 12.2 Å². The van der Waals surface area contributed by atoms with Gasteiger partial charge in [-0.2, -0.15) is 8.42 Å². The van der Waals surface area contributed by atoms with Gasteiger partial charge in [0.05, 0.1) is 0 Å². The van der Waals surface area contributed by atoms with E-state index in [0.29, 0.717) is 0 Å². The maximum absolute atomic E-state index is 11.3. The van der Waals surface area contributed by atoms with E-state index in [0.717, 1.165) is 0 Å². The van der Waals surface area contributed by atoms with Gasteiger partial charge in [0.25, 0.3) is 0 Å². The second-order valence-corrected chi connectivity index (χ2v) is 4.87. The molecule has 0 aromatic rings. The van der Waals surface area contributed by atoms with Crippen LogP contribution < -0.4 is 0 Å². The van der Waals surface area contributed by atoms with Gasteiger partial charge in [-0.25, -0.2) is 18.0 Å². The van der Waals surface area contributed by atoms with Gasteiger partial charge < -0.3 is 18.9 Å². The van der Waals surface area contributed by atoms with Gasteiger partial charge in [0.1, 0.15) is 26.4 Å². The van der Waals surface area contributed by atoms with Crippen molar-refractivity contribution in [1.29, 1.82) is 0 Å². The highest BCUT2D eigenvalue weighted by Crippen LogP contribution is 2.11. The summed E-state index contributed by atoms with van der Waals surface area (Å²) < 4.78 is 49.5. The van der Waals surface area contributed by atoms with E-state index in [1.165, 1.54) is 0 Å². The summed E-state index contributed by atoms with van der Waals surface area (Å²) in [6, 6.07) is 0. The molecular weight excluding hydrogens is 288 g/mol. The van der Waals surface area contributed by atoms with Crippen molar-refractivity contribution in [3.05, 3.63) is 0 Å². The van der Waals surface area contributed by atoms with E-state index < -0.39 is 48.1 Å². The Morgan fingerprint density at radius 3 is 1.68 bits per heavy atom. The van der Waals surface area contributed by atoms with Crippen molar-refractivity contribution in [2.75, 3.05) is 26.4 Å². The zero-order valence-electron chi connectivity index (χ0n) is 9.47. The van der Waals surface area contributed by atoms with Crippen molar-refractivity contribution in [1.82, 2.24) is 0 Å². The zero-order valence-corrected chi connectivity index (χ0v) is 10.3. The smallest absolute Gasteiger partial charge is 0.430 e. The topological polar surface area (TPSA) is 124 Å². The Morgan fingerprint density at radius 2 is 1.37 bits per heavy atom. The molecule has 2 unspecified atom stereocenters. The summed E-state index contributed by atoms with van der Waals surface area (Å²) in [4.78, 5) is 21.1. The molecule has 0 aromatic heterocycles. The van der Waals surface area contributed by atoms with Gasteiger partial charge >= 0.3 is 22.7 Å². The number of carbonyl (C=O) groups is 2. The summed E-state index contributed by atoms with van der Waals surface area (Å²) in [5.74, 6) is 0. The minimum Gasteiger partial charge on any atom is -0.430 e. The molecule has 10 nitrogen and oxygen atoms in total. The highest BCUT2D eigenvalue weighted by atomic mass is 32.3. The maximum atomic E-state index is 11.3. The number of hydrogen-bond donors (Lipinski definition) is 0. The van der Waals surface area contributed by atoms with Crippen molar-refractivity contribution >= 4 is 22.7 Å². The first kappa shape index (κ1) is 13.8. The molecule has 108 valence electrons. The zero-order chi connectivity index (χ0) is 13.9. The third-order valence-electron chi connectivity index (χ3n) is 2.10. The van der Waals surface area contributed by atoms with E-state index in [2.05, 4.69) is 27.3 Å². The van der Waals surface area contributed by atoms with Crippen molar-refractivity contribution in [3.63, 3.8) is 0 Å². The summed E-state index contributed by atoms with van der Waals surface area (Å²) in [5, 5.41) is 0. The third-order valence-corrected chi connectivity index (χ3v) is 2.95. The molecule has 0 bridgehead atoms. The number of carbonyl (C=O) groups excluding carboxylic acids is 2. The molecule has 2 atom stereocenters. The van der Waals surface area contributed by atoms with Crippen molar-refractivity contribution < 1.29 is 45.3 Å². The Morgan fingerprint density at radius 1 is 0.947 bits per heavy atom. The number of ether oxygens (including phenoxy) is 4. The molecule has 11 heteroatoms. The van der Waals surface area contributed by atoms with Crippen LogP contribution in [0.5, 0.6) is 0 Å². The average Bonchev–Trinajstić information content (AvgIpc) is 2.93. The fourth-order valence-electron chi connectivity index (χ4n) is 1.25. The Kier molecular flexibility index (Phi) is 4.07. The molecule has 2 heterocycles. The van der Waals surface area contributed by atoms with Crippen LogP contribution in [0, 0.1) is 0 Å². The molecule has 0 N–H and O–H groups in total. The maximum Gasteiger partial charge on any atom is 0.508 e. The minimum absolute atomic E-state index is 0.0948. The Bertz CT molecular complexity index is 420. The summed E-state index contributed by atoms with van der Waals surface area (Å²) in [5.41, 5.74) is 0. The monoisotopic (exact) mass is 298 g/mol. The molecule has 19 heavy (non-hydrogen) atoms. The second-order valence-electron chi connectivity index (χ2n) is 3.58. The molecule has 0 aliphatic carbocycles. The van der Waals surface area contributed by atoms with Gasteiger partial charge in [0.2, 0.25) is 0 Å². The molecule has 0 amide bonds. The highest BCUT2D eigenvalue weighted by molar-refractivity contribution is 7.81. The van der Waals surface area contributed by atoms with Crippen LogP contribution in [0.15, 0.2) is 0 Å². The first-order chi connectivity index (χ1) is 8.94. The SMILES string of the molecule is O=C1OCC(COS(=O)(=O)OCC2COC(=O)O2)O1. The predicted octanol–water partition coefficient (Wildman–Crippen LogP) is -0.665. The second kappa shape index (κ2) is 5.59. The Labute approximate surface area is 107 Å². The minimum atomic E-state index is -4.29. The molecular formula is C8H10O10S. The lowest BCUT2D eigenvalue weighted by molar-refractivity contribution is 0.0783. The van der Waals surface area contributed by atoms with E-state index in [9.17, 15) is 18.0 Å². The molecule has 2 saturated heterocycles. The number of hydrogen-bond acceptors (Lipinski definition) is 10. The fourth-order valence-corrected chi connectivity index (χ4v) is 1.95. The van der Waals surface area contributed by atoms with Crippen LogP contribution in [-0.4, -0.2) is 59.4 Å². The van der Waals surface area contributed by atoms with Gasteiger partial charge in [-0.15, -0.1) is 0 Å². The van der Waals surface area contributed by atoms with Crippen LogP contribution >= 0.6 is 0 Å². The van der Waals surface area contributed by atoms with Crippen LogP contribution in [0.25, 0.3) is 0 Å². The lowest BCUT2D eigenvalue weighted by Crippen LogP contribution is -2.25. The van der Waals surface area contributed by atoms with Crippen molar-refractivity contribution in [2.24, 2.45) is 0 Å². The molecule has 2 rings (SSSR count). The van der Waals surface area contributed by atoms with Crippen LogP contribution in [0.1, 0.15) is 0 Å². The van der Waals surface area contributed by atoms with Crippen LogP contribution in [0.3, 0.4) is 0 Å². The molecule has 2 aliphatic rings. The first-order valence-corrected chi connectivity index (χ1v) is 6.48. The fraction of sp³-hybridized carbons (Fsp3) is 0.750. The van der Waals surface area contributed by atoms with Crippen LogP contribution in [-0.2, 0) is 37.7 Å². The predicted molar refractivity (Wildman–Crippen MR) is 53.3 cm³/mol.